The van der Waals surface area contributed by atoms with Crippen LogP contribution in [0.3, 0.4) is 0 Å². The number of rotatable bonds is 8. The minimum absolute atomic E-state index is 0.151. The third-order valence-corrected chi connectivity index (χ3v) is 8.59. The first-order valence-electron chi connectivity index (χ1n) is 8.77. The highest BCUT2D eigenvalue weighted by molar-refractivity contribution is 9.12. The second-order valence-corrected chi connectivity index (χ2v) is 10.6. The molecule has 2 aromatic carbocycles. The quantitative estimate of drug-likeness (QED) is 0.313. The van der Waals surface area contributed by atoms with Crippen molar-refractivity contribution in [2.45, 2.75) is 28.9 Å². The predicted octanol–water partition coefficient (Wildman–Crippen LogP) is 6.74. The van der Waals surface area contributed by atoms with Gasteiger partial charge in [0, 0.05) is 25.7 Å². The van der Waals surface area contributed by atoms with Crippen LogP contribution in [0.1, 0.15) is 25.0 Å². The molecular formula is C21H26Br4O3. The molecule has 3 nitrogen and oxygen atoms in total. The van der Waals surface area contributed by atoms with Crippen molar-refractivity contribution in [3.8, 4) is 11.5 Å². The van der Waals surface area contributed by atoms with Crippen LogP contribution in [0.25, 0.3) is 0 Å². The van der Waals surface area contributed by atoms with E-state index in [2.05, 4.69) is 77.6 Å². The molecule has 0 aliphatic carbocycles. The monoisotopic (exact) mass is 642 g/mol. The van der Waals surface area contributed by atoms with E-state index in [4.69, 9.17) is 4.74 Å². The van der Waals surface area contributed by atoms with Crippen LogP contribution in [0.4, 0.5) is 0 Å². The largest absolute Gasteiger partial charge is 0.508 e. The van der Waals surface area contributed by atoms with Crippen LogP contribution < -0.4 is 0 Å². The van der Waals surface area contributed by atoms with Gasteiger partial charge >= 0.3 is 0 Å². The molecule has 2 unspecified atom stereocenters. The maximum atomic E-state index is 9.30. The van der Waals surface area contributed by atoms with Crippen LogP contribution in [0.2, 0.25) is 0 Å². The second kappa shape index (κ2) is 13.3. The van der Waals surface area contributed by atoms with Gasteiger partial charge in [0.1, 0.15) is 11.5 Å². The van der Waals surface area contributed by atoms with E-state index in [9.17, 15) is 10.2 Å². The number of phenols is 2. The molecule has 0 amide bonds. The van der Waals surface area contributed by atoms with Gasteiger partial charge in [-0.25, -0.2) is 0 Å². The Kier molecular flexibility index (Phi) is 12.3. The molecule has 156 valence electrons. The van der Waals surface area contributed by atoms with Crippen molar-refractivity contribution in [2.75, 3.05) is 23.9 Å². The Balaban J connectivity index is 0.000000311. The normalized spacial score (nSPS) is 13.4. The first-order chi connectivity index (χ1) is 13.2. The van der Waals surface area contributed by atoms with Crippen LogP contribution in [0.5, 0.6) is 11.5 Å². The fraction of sp³-hybridized carbons (Fsp3) is 0.429. The number of hydrogen-bond donors (Lipinski definition) is 2. The van der Waals surface area contributed by atoms with Crippen LogP contribution in [-0.4, -0.2) is 43.7 Å². The summed E-state index contributed by atoms with van der Waals surface area (Å²) in [7, 11) is 0. The highest BCUT2D eigenvalue weighted by Gasteiger charge is 2.22. The Morgan fingerprint density at radius 2 is 1.07 bits per heavy atom. The molecule has 0 aliphatic heterocycles. The molecular weight excluding hydrogens is 620 g/mol. The molecule has 0 aliphatic rings. The second-order valence-electron chi connectivity index (χ2n) is 6.76. The van der Waals surface area contributed by atoms with Gasteiger partial charge in [-0.3, -0.25) is 0 Å². The fourth-order valence-corrected chi connectivity index (χ4v) is 3.08. The van der Waals surface area contributed by atoms with Crippen LogP contribution in [0.15, 0.2) is 48.5 Å². The summed E-state index contributed by atoms with van der Waals surface area (Å²) >= 11 is 13.6. The van der Waals surface area contributed by atoms with Gasteiger partial charge in [-0.05, 0) is 35.4 Å². The summed E-state index contributed by atoms with van der Waals surface area (Å²) in [4.78, 5) is 0.829. The molecule has 0 saturated carbocycles. The average Bonchev–Trinajstić information content (AvgIpc) is 2.68. The van der Waals surface area contributed by atoms with Gasteiger partial charge in [0.25, 0.3) is 0 Å². The van der Waals surface area contributed by atoms with Crippen LogP contribution >= 0.6 is 63.7 Å². The summed E-state index contributed by atoms with van der Waals surface area (Å²) in [6, 6.07) is 14.4. The Morgan fingerprint density at radius 3 is 1.36 bits per heavy atom. The minimum Gasteiger partial charge on any atom is -0.508 e. The molecule has 0 spiro atoms. The lowest BCUT2D eigenvalue weighted by atomic mass is 9.78. The van der Waals surface area contributed by atoms with Crippen molar-refractivity contribution in [3.63, 3.8) is 0 Å². The van der Waals surface area contributed by atoms with E-state index in [-0.39, 0.29) is 16.9 Å². The van der Waals surface area contributed by atoms with Gasteiger partial charge in [-0.1, -0.05) is 102 Å². The zero-order valence-corrected chi connectivity index (χ0v) is 22.3. The standard InChI is InChI=1S/C15H16O2.C6H10Br4O/c1-15(2,11-3-7-13(16)8-4-11)12-5-9-14(17)10-6-12;7-1-5(9)3-11-4-6(10)2-8/h3-10,16-17H,1-2H3;5-6H,1-4H2. The summed E-state index contributed by atoms with van der Waals surface area (Å²) in [5.41, 5.74) is 2.10. The molecule has 0 fully saturated rings. The Hall–Kier alpha value is -0.0800. The predicted molar refractivity (Wildman–Crippen MR) is 132 cm³/mol. The summed E-state index contributed by atoms with van der Waals surface area (Å²) < 4.78 is 5.39. The van der Waals surface area contributed by atoms with E-state index in [1.165, 1.54) is 0 Å². The number of phenolic OH excluding ortho intramolecular Hbond substituents is 2. The average molecular weight is 646 g/mol. The molecule has 0 bridgehead atoms. The molecule has 28 heavy (non-hydrogen) atoms. The minimum atomic E-state index is -0.151. The topological polar surface area (TPSA) is 49.7 Å². The third-order valence-electron chi connectivity index (χ3n) is 4.11. The third kappa shape index (κ3) is 9.16. The van der Waals surface area contributed by atoms with Gasteiger partial charge in [-0.2, -0.15) is 0 Å². The smallest absolute Gasteiger partial charge is 0.115 e. The Bertz CT molecular complexity index is 618. The fourth-order valence-electron chi connectivity index (χ4n) is 2.34. The number of hydrogen-bond acceptors (Lipinski definition) is 3. The van der Waals surface area contributed by atoms with Crippen molar-refractivity contribution < 1.29 is 14.9 Å². The van der Waals surface area contributed by atoms with Crippen molar-refractivity contribution in [1.82, 2.24) is 0 Å². The van der Waals surface area contributed by atoms with Crippen molar-refractivity contribution in [3.05, 3.63) is 59.7 Å². The Labute approximate surface area is 201 Å². The zero-order chi connectivity index (χ0) is 21.2. The molecule has 0 saturated heterocycles. The van der Waals surface area contributed by atoms with E-state index < -0.39 is 0 Å². The summed E-state index contributed by atoms with van der Waals surface area (Å²) in [6.45, 7) is 5.73. The molecule has 2 atom stereocenters. The van der Waals surface area contributed by atoms with Crippen molar-refractivity contribution in [1.29, 1.82) is 0 Å². The Morgan fingerprint density at radius 1 is 0.750 bits per heavy atom. The van der Waals surface area contributed by atoms with E-state index >= 15 is 0 Å². The van der Waals surface area contributed by atoms with Crippen LogP contribution in [0, 0.1) is 0 Å². The maximum absolute atomic E-state index is 9.30. The number of halogens is 4. The zero-order valence-electron chi connectivity index (χ0n) is 15.9. The maximum Gasteiger partial charge on any atom is 0.115 e. The van der Waals surface area contributed by atoms with Gasteiger partial charge < -0.3 is 14.9 Å². The molecule has 2 aromatic rings. The van der Waals surface area contributed by atoms with E-state index in [0.717, 1.165) is 35.0 Å². The number of aromatic hydroxyl groups is 2. The highest BCUT2D eigenvalue weighted by Crippen LogP contribution is 2.32. The number of alkyl halides is 4. The molecule has 2 N–H and O–H groups in total. The van der Waals surface area contributed by atoms with Gasteiger partial charge in [0.15, 0.2) is 0 Å². The molecule has 0 heterocycles. The molecule has 0 aromatic heterocycles. The molecule has 7 heteroatoms. The lowest BCUT2D eigenvalue weighted by Gasteiger charge is -2.26. The lowest BCUT2D eigenvalue weighted by Crippen LogP contribution is -2.18. The van der Waals surface area contributed by atoms with Crippen LogP contribution in [-0.2, 0) is 10.2 Å². The number of ether oxygens (including phenoxy) is 1. The van der Waals surface area contributed by atoms with Gasteiger partial charge in [0.05, 0.1) is 13.2 Å². The highest BCUT2D eigenvalue weighted by atomic mass is 79.9. The summed E-state index contributed by atoms with van der Waals surface area (Å²) in [6.07, 6.45) is 0. The summed E-state index contributed by atoms with van der Waals surface area (Å²) in [5.74, 6) is 0.547. The molecule has 2 rings (SSSR count). The SMILES string of the molecule is BrCC(Br)COCC(Br)CBr.CC(C)(c1ccc(O)cc1)c1ccc(O)cc1. The molecule has 0 radical (unpaired) electrons. The number of benzene rings is 2. The first-order valence-corrected chi connectivity index (χ1v) is 12.8. The van der Waals surface area contributed by atoms with E-state index in [1.807, 2.05) is 24.3 Å². The van der Waals surface area contributed by atoms with Gasteiger partial charge in [-0.15, -0.1) is 0 Å². The van der Waals surface area contributed by atoms with E-state index in [1.54, 1.807) is 24.3 Å². The van der Waals surface area contributed by atoms with Crippen molar-refractivity contribution >= 4 is 63.7 Å². The lowest BCUT2D eigenvalue weighted by molar-refractivity contribution is 0.145. The van der Waals surface area contributed by atoms with Crippen molar-refractivity contribution in [2.24, 2.45) is 0 Å². The summed E-state index contributed by atoms with van der Waals surface area (Å²) in [5, 5.41) is 20.4. The van der Waals surface area contributed by atoms with E-state index in [0.29, 0.717) is 9.65 Å². The van der Waals surface area contributed by atoms with Gasteiger partial charge in [0.2, 0.25) is 0 Å². The first kappa shape index (κ1) is 26.0.